The number of nitrogens with zero attached hydrogens (tertiary/aromatic N) is 4. The van der Waals surface area contributed by atoms with Crippen molar-refractivity contribution in [1.29, 1.82) is 5.26 Å². The summed E-state index contributed by atoms with van der Waals surface area (Å²) < 4.78 is 11.6. The zero-order chi connectivity index (χ0) is 20.1. The minimum Gasteiger partial charge on any atom is -0.477 e. The van der Waals surface area contributed by atoms with Crippen LogP contribution in [0.5, 0.6) is 11.8 Å². The highest BCUT2D eigenvalue weighted by Crippen LogP contribution is 2.27. The lowest BCUT2D eigenvalue weighted by molar-refractivity contribution is 0.0367. The molecule has 3 rings (SSSR count). The molecule has 0 radical (unpaired) electrons. The van der Waals surface area contributed by atoms with Crippen molar-refractivity contribution in [3.8, 4) is 17.8 Å². The minimum atomic E-state index is -0.187. The molecule has 146 valence electrons. The molecule has 0 N–H and O–H groups in total. The van der Waals surface area contributed by atoms with Crippen LogP contribution in [0.25, 0.3) is 0 Å². The van der Waals surface area contributed by atoms with Crippen LogP contribution in [0, 0.1) is 18.3 Å². The van der Waals surface area contributed by atoms with Crippen LogP contribution in [-0.4, -0.2) is 46.1 Å². The highest BCUT2D eigenvalue weighted by molar-refractivity contribution is 5.96. The molecule has 1 aliphatic rings. The van der Waals surface area contributed by atoms with E-state index in [4.69, 9.17) is 9.47 Å². The highest BCUT2D eigenvalue weighted by atomic mass is 16.5. The number of ether oxygens (including phenoxy) is 2. The van der Waals surface area contributed by atoms with Gasteiger partial charge in [0.1, 0.15) is 11.7 Å². The van der Waals surface area contributed by atoms with Gasteiger partial charge in [0, 0.05) is 24.0 Å². The first-order valence-corrected chi connectivity index (χ1v) is 9.46. The van der Waals surface area contributed by atoms with Crippen LogP contribution in [0.3, 0.4) is 0 Å². The number of carbonyl (C=O) groups is 1. The number of hydrogen-bond donors (Lipinski definition) is 0. The van der Waals surface area contributed by atoms with Gasteiger partial charge >= 0.3 is 0 Å². The molecule has 0 bridgehead atoms. The van der Waals surface area contributed by atoms with E-state index in [9.17, 15) is 10.1 Å². The van der Waals surface area contributed by atoms with Crippen LogP contribution in [0.1, 0.15) is 48.2 Å². The van der Waals surface area contributed by atoms with Gasteiger partial charge in [0.05, 0.1) is 24.8 Å². The zero-order valence-corrected chi connectivity index (χ0v) is 16.4. The Labute approximate surface area is 164 Å². The first-order chi connectivity index (χ1) is 13.5. The van der Waals surface area contributed by atoms with Crippen molar-refractivity contribution in [3.05, 3.63) is 47.3 Å². The third-order valence-electron chi connectivity index (χ3n) is 4.94. The first-order valence-electron chi connectivity index (χ1n) is 9.46. The predicted octanol–water partition coefficient (Wildman–Crippen LogP) is 3.13. The maximum Gasteiger partial charge on any atom is 0.259 e. The Balaban J connectivity index is 1.78. The Morgan fingerprint density at radius 2 is 2.07 bits per heavy atom. The van der Waals surface area contributed by atoms with E-state index in [-0.39, 0.29) is 18.1 Å². The lowest BCUT2D eigenvalue weighted by atomic mass is 10.00. The van der Waals surface area contributed by atoms with Gasteiger partial charge in [-0.1, -0.05) is 0 Å². The van der Waals surface area contributed by atoms with Crippen molar-refractivity contribution in [2.75, 3.05) is 13.2 Å². The van der Waals surface area contributed by atoms with Crippen LogP contribution in [0.4, 0.5) is 0 Å². The largest absolute Gasteiger partial charge is 0.477 e. The van der Waals surface area contributed by atoms with Crippen molar-refractivity contribution in [1.82, 2.24) is 14.9 Å². The molecular formula is C21H24N4O3. The average molecular weight is 380 g/mol. The monoisotopic (exact) mass is 380 g/mol. The summed E-state index contributed by atoms with van der Waals surface area (Å²) in [6.07, 6.45) is 4.63. The SMILES string of the molecule is CCOc1ncccc1C(=O)N1CC(Oc2nccc(C#N)c2C)CCC1C. The molecule has 0 spiro atoms. The van der Waals surface area contributed by atoms with Gasteiger partial charge in [-0.2, -0.15) is 5.26 Å². The molecule has 1 amide bonds. The maximum atomic E-state index is 13.2. The van der Waals surface area contributed by atoms with Gasteiger partial charge < -0.3 is 14.4 Å². The van der Waals surface area contributed by atoms with Crippen LogP contribution in [-0.2, 0) is 0 Å². The zero-order valence-electron chi connectivity index (χ0n) is 16.4. The van der Waals surface area contributed by atoms with Gasteiger partial charge in [0.15, 0.2) is 0 Å². The molecule has 0 aromatic carbocycles. The average Bonchev–Trinajstić information content (AvgIpc) is 2.71. The van der Waals surface area contributed by atoms with Crippen LogP contribution < -0.4 is 9.47 Å². The number of hydrogen-bond acceptors (Lipinski definition) is 6. The molecule has 3 heterocycles. The molecule has 2 atom stereocenters. The number of piperidine rings is 1. The smallest absolute Gasteiger partial charge is 0.259 e. The maximum absolute atomic E-state index is 13.2. The van der Waals surface area contributed by atoms with E-state index in [1.165, 1.54) is 0 Å². The molecule has 2 aromatic heterocycles. The third-order valence-corrected chi connectivity index (χ3v) is 4.94. The molecule has 0 aliphatic carbocycles. The van der Waals surface area contributed by atoms with E-state index in [0.717, 1.165) is 12.8 Å². The summed E-state index contributed by atoms with van der Waals surface area (Å²) in [5.41, 5.74) is 1.71. The lowest BCUT2D eigenvalue weighted by Crippen LogP contribution is -2.49. The Morgan fingerprint density at radius 1 is 1.29 bits per heavy atom. The second-order valence-electron chi connectivity index (χ2n) is 6.81. The van der Waals surface area contributed by atoms with E-state index >= 15 is 0 Å². The fourth-order valence-corrected chi connectivity index (χ4v) is 3.33. The lowest BCUT2D eigenvalue weighted by Gasteiger charge is -2.38. The fraction of sp³-hybridized carbons (Fsp3) is 0.429. The van der Waals surface area contributed by atoms with Gasteiger partial charge in [-0.15, -0.1) is 0 Å². The van der Waals surface area contributed by atoms with E-state index in [2.05, 4.69) is 16.0 Å². The van der Waals surface area contributed by atoms with Crippen molar-refractivity contribution in [3.63, 3.8) is 0 Å². The molecule has 2 aromatic rings. The normalized spacial score (nSPS) is 19.0. The van der Waals surface area contributed by atoms with E-state index in [1.807, 2.05) is 20.8 Å². The van der Waals surface area contributed by atoms with Crippen LogP contribution in [0.15, 0.2) is 30.6 Å². The standard InChI is InChI=1S/C21H24N4O3/c1-4-27-20-18(6-5-10-23-20)21(26)25-13-17(8-7-14(25)2)28-19-15(3)16(12-22)9-11-24-19/h5-6,9-11,14,17H,4,7-8,13H2,1-3H3. The first kappa shape index (κ1) is 19.6. The summed E-state index contributed by atoms with van der Waals surface area (Å²) in [5, 5.41) is 9.19. The Kier molecular flexibility index (Phi) is 6.09. The predicted molar refractivity (Wildman–Crippen MR) is 103 cm³/mol. The molecule has 2 unspecified atom stereocenters. The summed E-state index contributed by atoms with van der Waals surface area (Å²) in [5.74, 6) is 0.680. The van der Waals surface area contributed by atoms with Crippen molar-refractivity contribution < 1.29 is 14.3 Å². The molecule has 1 fully saturated rings. The van der Waals surface area contributed by atoms with Crippen LogP contribution in [0.2, 0.25) is 0 Å². The second kappa shape index (κ2) is 8.70. The number of nitriles is 1. The number of likely N-dealkylation sites (tertiary alicyclic amines) is 1. The topological polar surface area (TPSA) is 88.3 Å². The van der Waals surface area contributed by atoms with E-state index < -0.39 is 0 Å². The number of carbonyl (C=O) groups excluding carboxylic acids is 1. The van der Waals surface area contributed by atoms with Gasteiger partial charge in [0.2, 0.25) is 11.8 Å². The summed E-state index contributed by atoms with van der Waals surface area (Å²) in [7, 11) is 0. The third kappa shape index (κ3) is 4.06. The molecule has 1 saturated heterocycles. The van der Waals surface area contributed by atoms with Crippen molar-refractivity contribution >= 4 is 5.91 Å². The second-order valence-corrected chi connectivity index (χ2v) is 6.81. The van der Waals surface area contributed by atoms with Crippen molar-refractivity contribution in [2.45, 2.75) is 45.8 Å². The van der Waals surface area contributed by atoms with E-state index in [1.54, 1.807) is 35.5 Å². The van der Waals surface area contributed by atoms with E-state index in [0.29, 0.717) is 41.6 Å². The van der Waals surface area contributed by atoms with Crippen molar-refractivity contribution in [2.24, 2.45) is 0 Å². The number of aromatic nitrogens is 2. The van der Waals surface area contributed by atoms with Gasteiger partial charge in [-0.05, 0) is 51.8 Å². The molecule has 28 heavy (non-hydrogen) atoms. The van der Waals surface area contributed by atoms with Gasteiger partial charge in [-0.25, -0.2) is 9.97 Å². The van der Waals surface area contributed by atoms with Gasteiger partial charge in [-0.3, -0.25) is 4.79 Å². The Hall–Kier alpha value is -3.14. The quantitative estimate of drug-likeness (QED) is 0.792. The number of amides is 1. The summed E-state index contributed by atoms with van der Waals surface area (Å²) in [4.78, 5) is 23.4. The molecule has 7 nitrogen and oxygen atoms in total. The van der Waals surface area contributed by atoms with Gasteiger partial charge in [0.25, 0.3) is 5.91 Å². The molecule has 0 saturated carbocycles. The number of rotatable bonds is 5. The minimum absolute atomic E-state index is 0.0848. The molecule has 7 heteroatoms. The van der Waals surface area contributed by atoms with Crippen LogP contribution >= 0.6 is 0 Å². The summed E-state index contributed by atoms with van der Waals surface area (Å²) in [6, 6.07) is 7.36. The highest BCUT2D eigenvalue weighted by Gasteiger charge is 2.32. The Bertz CT molecular complexity index is 893. The molecular weight excluding hydrogens is 356 g/mol. The number of pyridine rings is 2. The molecule has 1 aliphatic heterocycles. The fourth-order valence-electron chi connectivity index (χ4n) is 3.33. The summed E-state index contributed by atoms with van der Waals surface area (Å²) >= 11 is 0. The Morgan fingerprint density at radius 3 is 2.82 bits per heavy atom. The summed E-state index contributed by atoms with van der Waals surface area (Å²) in [6.45, 7) is 6.60.